The zero-order chi connectivity index (χ0) is 12.0. The zero-order valence-electron chi connectivity index (χ0n) is 9.69. The van der Waals surface area contributed by atoms with E-state index in [2.05, 4.69) is 5.32 Å². The molecule has 1 amide bonds. The van der Waals surface area contributed by atoms with Gasteiger partial charge in [-0.2, -0.15) is 0 Å². The number of amides is 1. The molecule has 1 fully saturated rings. The van der Waals surface area contributed by atoms with Crippen molar-refractivity contribution >= 4 is 11.9 Å². The number of nitrogens with one attached hydrogen (secondary N) is 1. The third-order valence-electron chi connectivity index (χ3n) is 2.43. The highest BCUT2D eigenvalue weighted by atomic mass is 16.5. The Morgan fingerprint density at radius 1 is 1.56 bits per heavy atom. The molecule has 1 aliphatic heterocycles. The molecule has 6 heteroatoms. The highest BCUT2D eigenvalue weighted by Gasteiger charge is 2.30. The number of nitrogens with zero attached hydrogens (tertiary/aromatic N) is 1. The SMILES string of the molecule is CCOC(=O)CN1CCOCC1C(=O)NC. The van der Waals surface area contributed by atoms with Gasteiger partial charge in [-0.15, -0.1) is 0 Å². The van der Waals surface area contributed by atoms with Crippen LogP contribution in [-0.4, -0.2) is 62.8 Å². The van der Waals surface area contributed by atoms with Crippen molar-refractivity contribution < 1.29 is 19.1 Å². The highest BCUT2D eigenvalue weighted by Crippen LogP contribution is 2.07. The van der Waals surface area contributed by atoms with Crippen molar-refractivity contribution in [2.24, 2.45) is 0 Å². The van der Waals surface area contributed by atoms with Crippen LogP contribution in [0.15, 0.2) is 0 Å². The number of rotatable bonds is 4. The quantitative estimate of drug-likeness (QED) is 0.627. The molecule has 1 heterocycles. The van der Waals surface area contributed by atoms with Crippen LogP contribution in [0, 0.1) is 0 Å². The molecule has 0 aromatic heterocycles. The minimum atomic E-state index is -0.400. The van der Waals surface area contributed by atoms with Gasteiger partial charge in [-0.05, 0) is 6.92 Å². The van der Waals surface area contributed by atoms with Gasteiger partial charge in [0.1, 0.15) is 6.04 Å². The topological polar surface area (TPSA) is 67.9 Å². The van der Waals surface area contributed by atoms with Gasteiger partial charge in [-0.25, -0.2) is 0 Å². The summed E-state index contributed by atoms with van der Waals surface area (Å²) in [6.07, 6.45) is 0. The van der Waals surface area contributed by atoms with E-state index in [9.17, 15) is 9.59 Å². The number of hydrogen-bond acceptors (Lipinski definition) is 5. The molecule has 0 aromatic carbocycles. The van der Waals surface area contributed by atoms with E-state index in [1.807, 2.05) is 0 Å². The average molecular weight is 230 g/mol. The van der Waals surface area contributed by atoms with Gasteiger partial charge in [-0.1, -0.05) is 0 Å². The smallest absolute Gasteiger partial charge is 0.320 e. The fraction of sp³-hybridized carbons (Fsp3) is 0.800. The normalized spacial score (nSPS) is 21.5. The van der Waals surface area contributed by atoms with E-state index < -0.39 is 6.04 Å². The lowest BCUT2D eigenvalue weighted by atomic mass is 10.2. The van der Waals surface area contributed by atoms with Crippen LogP contribution in [0.3, 0.4) is 0 Å². The van der Waals surface area contributed by atoms with Gasteiger partial charge in [0.25, 0.3) is 0 Å². The monoisotopic (exact) mass is 230 g/mol. The molecule has 0 aliphatic carbocycles. The van der Waals surface area contributed by atoms with Crippen LogP contribution in [-0.2, 0) is 19.1 Å². The number of morpholine rings is 1. The molecule has 0 spiro atoms. The van der Waals surface area contributed by atoms with E-state index in [0.717, 1.165) is 0 Å². The Bertz CT molecular complexity index is 257. The summed E-state index contributed by atoms with van der Waals surface area (Å²) in [6, 6.07) is -0.400. The van der Waals surface area contributed by atoms with E-state index in [-0.39, 0.29) is 18.4 Å². The first-order valence-corrected chi connectivity index (χ1v) is 5.38. The molecule has 0 bridgehead atoms. The van der Waals surface area contributed by atoms with Crippen LogP contribution in [0.5, 0.6) is 0 Å². The standard InChI is InChI=1S/C10H18N2O4/c1-3-16-9(13)6-12-4-5-15-7-8(12)10(14)11-2/h8H,3-7H2,1-2H3,(H,11,14). The summed E-state index contributed by atoms with van der Waals surface area (Å²) in [6.45, 7) is 3.67. The van der Waals surface area contributed by atoms with Crippen LogP contribution in [0.25, 0.3) is 0 Å². The second-order valence-corrected chi connectivity index (χ2v) is 3.48. The molecule has 1 atom stereocenters. The Kier molecular flexibility index (Phi) is 5.21. The predicted octanol–water partition coefficient (Wildman–Crippen LogP) is -1.00. The molecule has 0 radical (unpaired) electrons. The van der Waals surface area contributed by atoms with Crippen molar-refractivity contribution in [2.45, 2.75) is 13.0 Å². The minimum absolute atomic E-state index is 0.134. The highest BCUT2D eigenvalue weighted by molar-refractivity contribution is 5.82. The Morgan fingerprint density at radius 2 is 2.31 bits per heavy atom. The molecule has 92 valence electrons. The lowest BCUT2D eigenvalue weighted by molar-refractivity contribution is -0.148. The third kappa shape index (κ3) is 3.46. The summed E-state index contributed by atoms with van der Waals surface area (Å²) >= 11 is 0. The van der Waals surface area contributed by atoms with Gasteiger partial charge < -0.3 is 14.8 Å². The van der Waals surface area contributed by atoms with Crippen molar-refractivity contribution in [3.63, 3.8) is 0 Å². The molecular formula is C10H18N2O4. The number of hydrogen-bond donors (Lipinski definition) is 1. The molecule has 1 aliphatic rings. The van der Waals surface area contributed by atoms with Crippen LogP contribution >= 0.6 is 0 Å². The zero-order valence-corrected chi connectivity index (χ0v) is 9.69. The van der Waals surface area contributed by atoms with E-state index in [4.69, 9.17) is 9.47 Å². The van der Waals surface area contributed by atoms with Crippen molar-refractivity contribution in [3.05, 3.63) is 0 Å². The summed E-state index contributed by atoms with van der Waals surface area (Å²) < 4.78 is 10.1. The summed E-state index contributed by atoms with van der Waals surface area (Å²) in [7, 11) is 1.57. The van der Waals surface area contributed by atoms with Gasteiger partial charge in [-0.3, -0.25) is 14.5 Å². The Hall–Kier alpha value is -1.14. The summed E-state index contributed by atoms with van der Waals surface area (Å²) in [4.78, 5) is 24.6. The molecule has 6 nitrogen and oxygen atoms in total. The number of carbonyl (C=O) groups excluding carboxylic acids is 2. The number of carbonyl (C=O) groups is 2. The first-order chi connectivity index (χ1) is 7.69. The van der Waals surface area contributed by atoms with Crippen LogP contribution < -0.4 is 5.32 Å². The van der Waals surface area contributed by atoms with E-state index in [0.29, 0.717) is 26.4 Å². The molecule has 1 unspecified atom stereocenters. The van der Waals surface area contributed by atoms with Gasteiger partial charge >= 0.3 is 5.97 Å². The van der Waals surface area contributed by atoms with Gasteiger partial charge in [0.15, 0.2) is 0 Å². The van der Waals surface area contributed by atoms with Crippen LogP contribution in [0.2, 0.25) is 0 Å². The second-order valence-electron chi connectivity index (χ2n) is 3.48. The Labute approximate surface area is 94.9 Å². The first-order valence-electron chi connectivity index (χ1n) is 5.38. The summed E-state index contributed by atoms with van der Waals surface area (Å²) in [5.74, 6) is -0.442. The lowest BCUT2D eigenvalue weighted by Crippen LogP contribution is -2.54. The fourth-order valence-electron chi connectivity index (χ4n) is 1.61. The molecule has 1 saturated heterocycles. The largest absolute Gasteiger partial charge is 0.465 e. The molecule has 0 saturated carbocycles. The van der Waals surface area contributed by atoms with Gasteiger partial charge in [0, 0.05) is 13.6 Å². The van der Waals surface area contributed by atoms with Crippen LogP contribution in [0.4, 0.5) is 0 Å². The lowest BCUT2D eigenvalue weighted by Gasteiger charge is -2.33. The van der Waals surface area contributed by atoms with E-state index in [1.165, 1.54) is 0 Å². The maximum atomic E-state index is 11.5. The maximum absolute atomic E-state index is 11.5. The van der Waals surface area contributed by atoms with Crippen molar-refractivity contribution in [2.75, 3.05) is 40.0 Å². The van der Waals surface area contributed by atoms with E-state index >= 15 is 0 Å². The van der Waals surface area contributed by atoms with E-state index in [1.54, 1.807) is 18.9 Å². The Morgan fingerprint density at radius 3 is 2.94 bits per heavy atom. The third-order valence-corrected chi connectivity index (χ3v) is 2.43. The first kappa shape index (κ1) is 12.9. The van der Waals surface area contributed by atoms with Gasteiger partial charge in [0.05, 0.1) is 26.4 Å². The average Bonchev–Trinajstić information content (AvgIpc) is 2.29. The maximum Gasteiger partial charge on any atom is 0.320 e. The fourth-order valence-corrected chi connectivity index (χ4v) is 1.61. The minimum Gasteiger partial charge on any atom is -0.465 e. The number of likely N-dealkylation sites (N-methyl/N-ethyl adjacent to an activating group) is 1. The van der Waals surface area contributed by atoms with Crippen molar-refractivity contribution in [1.82, 2.24) is 10.2 Å². The Balaban J connectivity index is 2.53. The molecule has 1 N–H and O–H groups in total. The predicted molar refractivity (Wildman–Crippen MR) is 56.9 cm³/mol. The summed E-state index contributed by atoms with van der Waals surface area (Å²) in [5.41, 5.74) is 0. The second kappa shape index (κ2) is 6.44. The van der Waals surface area contributed by atoms with Crippen LogP contribution in [0.1, 0.15) is 6.92 Å². The molecular weight excluding hydrogens is 212 g/mol. The van der Waals surface area contributed by atoms with Crippen molar-refractivity contribution in [1.29, 1.82) is 0 Å². The molecule has 16 heavy (non-hydrogen) atoms. The number of esters is 1. The number of ether oxygens (including phenoxy) is 2. The molecule has 1 rings (SSSR count). The summed E-state index contributed by atoms with van der Waals surface area (Å²) in [5, 5.41) is 2.56. The van der Waals surface area contributed by atoms with Gasteiger partial charge in [0.2, 0.25) is 5.91 Å². The van der Waals surface area contributed by atoms with Crippen molar-refractivity contribution in [3.8, 4) is 0 Å². The molecule has 0 aromatic rings.